The van der Waals surface area contributed by atoms with Crippen LogP contribution in [0, 0.1) is 0 Å². The second-order valence-corrected chi connectivity index (χ2v) is 2.80. The van der Waals surface area contributed by atoms with E-state index in [4.69, 9.17) is 11.6 Å². The number of alkyl halides is 3. The molecule has 0 saturated heterocycles. The van der Waals surface area contributed by atoms with Crippen LogP contribution in [0.25, 0.3) is 11.2 Å². The van der Waals surface area contributed by atoms with E-state index in [0.29, 0.717) is 0 Å². The van der Waals surface area contributed by atoms with Gasteiger partial charge in [-0.2, -0.15) is 13.2 Å². The lowest BCUT2D eigenvalue weighted by Crippen LogP contribution is -2.06. The normalized spacial score (nSPS) is 12.3. The topological polar surface area (TPSA) is 54.5 Å². The number of H-pyrrole nitrogens is 1. The minimum atomic E-state index is -4.54. The Labute approximate surface area is 80.1 Å². The van der Waals surface area contributed by atoms with Crippen LogP contribution in [0.2, 0.25) is 5.15 Å². The van der Waals surface area contributed by atoms with Crippen LogP contribution in [0.1, 0.15) is 5.82 Å². The van der Waals surface area contributed by atoms with Crippen molar-refractivity contribution in [3.63, 3.8) is 0 Å². The van der Waals surface area contributed by atoms with Crippen LogP contribution >= 0.6 is 11.6 Å². The fraction of sp³-hybridized carbons (Fsp3) is 0.167. The van der Waals surface area contributed by atoms with E-state index >= 15 is 0 Å². The van der Waals surface area contributed by atoms with Gasteiger partial charge in [0.05, 0.1) is 0 Å². The van der Waals surface area contributed by atoms with Crippen molar-refractivity contribution in [1.82, 2.24) is 19.9 Å². The van der Waals surface area contributed by atoms with E-state index in [1.165, 1.54) is 0 Å². The minimum absolute atomic E-state index is 0.0125. The van der Waals surface area contributed by atoms with E-state index in [-0.39, 0.29) is 16.3 Å². The van der Waals surface area contributed by atoms with Crippen molar-refractivity contribution in [2.45, 2.75) is 6.18 Å². The van der Waals surface area contributed by atoms with Gasteiger partial charge in [0.2, 0.25) is 5.82 Å². The van der Waals surface area contributed by atoms with E-state index in [1.54, 1.807) is 0 Å². The van der Waals surface area contributed by atoms with Gasteiger partial charge in [0.1, 0.15) is 11.8 Å². The van der Waals surface area contributed by atoms with Gasteiger partial charge in [-0.3, -0.25) is 0 Å². The van der Waals surface area contributed by atoms with Gasteiger partial charge in [-0.05, 0) is 0 Å². The summed E-state index contributed by atoms with van der Waals surface area (Å²) in [6.45, 7) is 0. The highest BCUT2D eigenvalue weighted by atomic mass is 35.5. The van der Waals surface area contributed by atoms with Gasteiger partial charge in [-0.1, -0.05) is 11.6 Å². The second kappa shape index (κ2) is 2.81. The molecular weight excluding hydrogens is 221 g/mol. The summed E-state index contributed by atoms with van der Waals surface area (Å²) in [4.78, 5) is 12.3. The third-order valence-corrected chi connectivity index (χ3v) is 1.80. The smallest absolute Gasteiger partial charge is 0.330 e. The fourth-order valence-electron chi connectivity index (χ4n) is 0.934. The first-order chi connectivity index (χ1) is 6.48. The van der Waals surface area contributed by atoms with Crippen LogP contribution < -0.4 is 0 Å². The number of hydrogen-bond acceptors (Lipinski definition) is 3. The standard InChI is InChI=1S/C6H2ClF3N4/c7-3-2-4(12-1-11-3)14-5(13-2)6(8,9)10/h1H,(H,11,12,13,14). The highest BCUT2D eigenvalue weighted by molar-refractivity contribution is 6.33. The summed E-state index contributed by atoms with van der Waals surface area (Å²) in [6, 6.07) is 0. The molecule has 2 aromatic rings. The first-order valence-corrected chi connectivity index (χ1v) is 3.79. The Hall–Kier alpha value is -1.37. The van der Waals surface area contributed by atoms with Crippen LogP contribution in [-0.4, -0.2) is 19.9 Å². The molecule has 0 aliphatic rings. The Morgan fingerprint density at radius 3 is 2.57 bits per heavy atom. The molecule has 0 atom stereocenters. The number of fused-ring (bicyclic) bond motifs is 1. The first-order valence-electron chi connectivity index (χ1n) is 3.42. The van der Waals surface area contributed by atoms with E-state index in [2.05, 4.69) is 15.0 Å². The lowest BCUT2D eigenvalue weighted by atomic mass is 10.6. The van der Waals surface area contributed by atoms with Crippen molar-refractivity contribution in [3.8, 4) is 0 Å². The molecule has 74 valence electrons. The maximum Gasteiger partial charge on any atom is 0.449 e. The molecule has 0 spiro atoms. The van der Waals surface area contributed by atoms with Crippen LogP contribution in [0.5, 0.6) is 0 Å². The molecule has 14 heavy (non-hydrogen) atoms. The Morgan fingerprint density at radius 1 is 1.29 bits per heavy atom. The summed E-state index contributed by atoms with van der Waals surface area (Å²) in [5.41, 5.74) is -0.112. The third-order valence-electron chi connectivity index (χ3n) is 1.51. The Bertz CT molecular complexity index is 477. The molecule has 0 aliphatic carbocycles. The van der Waals surface area contributed by atoms with Gasteiger partial charge in [0, 0.05) is 0 Å². The van der Waals surface area contributed by atoms with Gasteiger partial charge < -0.3 is 4.98 Å². The van der Waals surface area contributed by atoms with Crippen molar-refractivity contribution in [1.29, 1.82) is 0 Å². The maximum absolute atomic E-state index is 12.2. The van der Waals surface area contributed by atoms with Crippen LogP contribution in [0.3, 0.4) is 0 Å². The summed E-state index contributed by atoms with van der Waals surface area (Å²) in [6.07, 6.45) is -3.49. The molecular formula is C6H2ClF3N4. The second-order valence-electron chi connectivity index (χ2n) is 2.45. The molecule has 4 nitrogen and oxygen atoms in total. The van der Waals surface area contributed by atoms with E-state index in [9.17, 15) is 13.2 Å². The molecule has 8 heteroatoms. The molecule has 2 aromatic heterocycles. The predicted octanol–water partition coefficient (Wildman–Crippen LogP) is 2.03. The van der Waals surface area contributed by atoms with Gasteiger partial charge in [-0.25, -0.2) is 15.0 Å². The zero-order valence-electron chi connectivity index (χ0n) is 6.43. The largest absolute Gasteiger partial charge is 0.449 e. The molecule has 2 heterocycles. The number of aromatic nitrogens is 4. The lowest BCUT2D eigenvalue weighted by Gasteiger charge is -1.98. The summed E-state index contributed by atoms with van der Waals surface area (Å²) in [7, 11) is 0. The highest BCUT2D eigenvalue weighted by Gasteiger charge is 2.35. The molecule has 0 fully saturated rings. The van der Waals surface area contributed by atoms with Crippen molar-refractivity contribution in [2.75, 3.05) is 0 Å². The number of rotatable bonds is 0. The lowest BCUT2D eigenvalue weighted by molar-refractivity contribution is -0.144. The predicted molar refractivity (Wildman–Crippen MR) is 41.7 cm³/mol. The van der Waals surface area contributed by atoms with E-state index in [1.807, 2.05) is 4.98 Å². The SMILES string of the molecule is FC(F)(F)c1nc2ncnc(Cl)c2[nH]1. The molecule has 1 N–H and O–H groups in total. The summed E-state index contributed by atoms with van der Waals surface area (Å²) in [5.74, 6) is -1.13. The summed E-state index contributed by atoms with van der Waals surface area (Å²) in [5, 5.41) is -0.0852. The van der Waals surface area contributed by atoms with Gasteiger partial charge >= 0.3 is 6.18 Å². The quantitative estimate of drug-likeness (QED) is 0.694. The monoisotopic (exact) mass is 222 g/mol. The molecule has 2 rings (SSSR count). The average Bonchev–Trinajstić information content (AvgIpc) is 2.48. The number of aromatic amines is 1. The molecule has 0 unspecified atom stereocenters. The van der Waals surface area contributed by atoms with Crippen LogP contribution in [0.4, 0.5) is 13.2 Å². The van der Waals surface area contributed by atoms with Gasteiger partial charge in [0.25, 0.3) is 0 Å². The molecule has 0 aliphatic heterocycles. The van der Waals surface area contributed by atoms with Gasteiger partial charge in [0.15, 0.2) is 10.8 Å². The Balaban J connectivity index is 2.69. The summed E-state index contributed by atoms with van der Waals surface area (Å²) >= 11 is 5.53. The zero-order chi connectivity index (χ0) is 10.3. The molecule has 0 radical (unpaired) electrons. The summed E-state index contributed by atoms with van der Waals surface area (Å²) < 4.78 is 36.5. The number of nitrogens with zero attached hydrogens (tertiary/aromatic N) is 3. The first kappa shape index (κ1) is 9.20. The Morgan fingerprint density at radius 2 is 2.00 bits per heavy atom. The third kappa shape index (κ3) is 1.39. The highest BCUT2D eigenvalue weighted by Crippen LogP contribution is 2.29. The number of nitrogens with one attached hydrogen (secondary N) is 1. The van der Waals surface area contributed by atoms with Crippen molar-refractivity contribution < 1.29 is 13.2 Å². The average molecular weight is 223 g/mol. The molecule has 0 amide bonds. The van der Waals surface area contributed by atoms with Crippen LogP contribution in [0.15, 0.2) is 6.33 Å². The molecule has 0 saturated carbocycles. The number of imidazole rings is 1. The fourth-order valence-corrected chi connectivity index (χ4v) is 1.11. The number of hydrogen-bond donors (Lipinski definition) is 1. The minimum Gasteiger partial charge on any atom is -0.330 e. The van der Waals surface area contributed by atoms with Crippen molar-refractivity contribution >= 4 is 22.8 Å². The zero-order valence-corrected chi connectivity index (χ0v) is 7.19. The van der Waals surface area contributed by atoms with E-state index in [0.717, 1.165) is 6.33 Å². The molecule has 0 bridgehead atoms. The van der Waals surface area contributed by atoms with Crippen molar-refractivity contribution in [3.05, 3.63) is 17.3 Å². The van der Waals surface area contributed by atoms with Crippen LogP contribution in [-0.2, 0) is 6.18 Å². The van der Waals surface area contributed by atoms with Gasteiger partial charge in [-0.15, -0.1) is 0 Å². The van der Waals surface area contributed by atoms with Crippen molar-refractivity contribution in [2.24, 2.45) is 0 Å². The van der Waals surface area contributed by atoms with E-state index < -0.39 is 12.0 Å². The molecule has 0 aromatic carbocycles. The number of halogens is 4. The Kier molecular flexibility index (Phi) is 1.84. The maximum atomic E-state index is 12.2.